The van der Waals surface area contributed by atoms with Gasteiger partial charge in [-0.05, 0) is 50.5 Å². The van der Waals surface area contributed by atoms with E-state index in [0.29, 0.717) is 11.7 Å². The molecule has 17 heavy (non-hydrogen) atoms. The van der Waals surface area contributed by atoms with Gasteiger partial charge in [0.25, 0.3) is 0 Å². The van der Waals surface area contributed by atoms with E-state index in [1.54, 1.807) is 0 Å². The summed E-state index contributed by atoms with van der Waals surface area (Å²) in [5, 5.41) is 3.39. The molecule has 1 heterocycles. The second-order valence-electron chi connectivity index (χ2n) is 6.54. The normalized spacial score (nSPS) is 42.6. The topological polar surface area (TPSA) is 29.1 Å². The van der Waals surface area contributed by atoms with Gasteiger partial charge in [0.15, 0.2) is 0 Å². The summed E-state index contributed by atoms with van der Waals surface area (Å²) in [5.41, 5.74) is -0.0263. The number of carbonyl (C=O) groups is 1. The summed E-state index contributed by atoms with van der Waals surface area (Å²) < 4.78 is 0. The van der Waals surface area contributed by atoms with Gasteiger partial charge in [0, 0.05) is 17.9 Å². The van der Waals surface area contributed by atoms with Crippen LogP contribution in [0.3, 0.4) is 0 Å². The fourth-order valence-corrected chi connectivity index (χ4v) is 4.02. The molecular weight excluding hydrogens is 210 g/mol. The Kier molecular flexibility index (Phi) is 3.92. The smallest absolute Gasteiger partial charge is 0.143 e. The number of rotatable bonds is 3. The molecule has 0 bridgehead atoms. The fourth-order valence-electron chi connectivity index (χ4n) is 4.02. The molecule has 1 N–H and O–H groups in total. The van der Waals surface area contributed by atoms with Gasteiger partial charge in [0.1, 0.15) is 5.78 Å². The Morgan fingerprint density at radius 1 is 1.24 bits per heavy atom. The minimum atomic E-state index is -0.0263. The lowest BCUT2D eigenvalue weighted by atomic mass is 9.67. The first-order valence-corrected chi connectivity index (χ1v) is 7.32. The Morgan fingerprint density at radius 3 is 2.35 bits per heavy atom. The molecule has 0 aromatic rings. The van der Waals surface area contributed by atoms with E-state index in [4.69, 9.17) is 0 Å². The third-order valence-corrected chi connectivity index (χ3v) is 4.99. The van der Waals surface area contributed by atoms with Crippen molar-refractivity contribution in [1.29, 1.82) is 0 Å². The first kappa shape index (κ1) is 13.1. The molecule has 2 aliphatic rings. The van der Waals surface area contributed by atoms with E-state index in [9.17, 15) is 4.79 Å². The summed E-state index contributed by atoms with van der Waals surface area (Å²) in [4.78, 5) is 12.8. The Morgan fingerprint density at radius 2 is 1.88 bits per heavy atom. The first-order chi connectivity index (χ1) is 8.07. The van der Waals surface area contributed by atoms with Crippen molar-refractivity contribution in [2.75, 3.05) is 13.1 Å². The Bertz CT molecular complexity index is 271. The maximum absolute atomic E-state index is 12.8. The van der Waals surface area contributed by atoms with Gasteiger partial charge in [-0.15, -0.1) is 0 Å². The Balaban J connectivity index is 2.08. The number of carbonyl (C=O) groups excluding carboxylic acids is 1. The van der Waals surface area contributed by atoms with Gasteiger partial charge >= 0.3 is 0 Å². The largest absolute Gasteiger partial charge is 0.316 e. The van der Waals surface area contributed by atoms with Crippen molar-refractivity contribution in [3.63, 3.8) is 0 Å². The van der Waals surface area contributed by atoms with E-state index >= 15 is 0 Å². The number of nitrogens with one attached hydrogen (secondary N) is 1. The zero-order valence-electron chi connectivity index (χ0n) is 11.6. The van der Waals surface area contributed by atoms with E-state index in [-0.39, 0.29) is 5.41 Å². The molecule has 0 aromatic carbocycles. The van der Waals surface area contributed by atoms with Crippen LogP contribution in [0.1, 0.15) is 52.9 Å². The maximum Gasteiger partial charge on any atom is 0.143 e. The molecule has 3 unspecified atom stereocenters. The Hall–Kier alpha value is -0.370. The van der Waals surface area contributed by atoms with Crippen LogP contribution in [0, 0.1) is 23.2 Å². The summed E-state index contributed by atoms with van der Waals surface area (Å²) >= 11 is 0. The molecule has 1 aliphatic carbocycles. The fraction of sp³-hybridized carbons (Fsp3) is 0.933. The second-order valence-corrected chi connectivity index (χ2v) is 6.54. The number of hydrogen-bond donors (Lipinski definition) is 1. The molecule has 2 fully saturated rings. The molecule has 0 spiro atoms. The lowest BCUT2D eigenvalue weighted by molar-refractivity contribution is -0.134. The summed E-state index contributed by atoms with van der Waals surface area (Å²) in [6.07, 6.45) is 5.64. The molecule has 0 amide bonds. The minimum absolute atomic E-state index is 0.0263. The van der Waals surface area contributed by atoms with Crippen LogP contribution in [0.4, 0.5) is 0 Å². The summed E-state index contributed by atoms with van der Waals surface area (Å²) in [5.74, 6) is 2.38. The third-order valence-electron chi connectivity index (χ3n) is 4.99. The van der Waals surface area contributed by atoms with Crippen LogP contribution in [-0.2, 0) is 4.79 Å². The predicted octanol–water partition coefficient (Wildman–Crippen LogP) is 3.02. The molecule has 98 valence electrons. The van der Waals surface area contributed by atoms with Gasteiger partial charge in [-0.3, -0.25) is 4.79 Å². The molecule has 3 atom stereocenters. The summed E-state index contributed by atoms with van der Waals surface area (Å²) in [6.45, 7) is 8.74. The lowest BCUT2D eigenvalue weighted by Gasteiger charge is -2.36. The van der Waals surface area contributed by atoms with E-state index in [2.05, 4.69) is 26.1 Å². The molecule has 2 heteroatoms. The molecule has 1 aliphatic heterocycles. The van der Waals surface area contributed by atoms with Gasteiger partial charge in [-0.1, -0.05) is 20.8 Å². The van der Waals surface area contributed by atoms with Gasteiger partial charge < -0.3 is 5.32 Å². The van der Waals surface area contributed by atoms with Crippen LogP contribution in [0.25, 0.3) is 0 Å². The third kappa shape index (κ3) is 2.57. The highest BCUT2D eigenvalue weighted by molar-refractivity contribution is 5.87. The van der Waals surface area contributed by atoms with Crippen LogP contribution in [0.15, 0.2) is 0 Å². The molecule has 0 radical (unpaired) electrons. The van der Waals surface area contributed by atoms with Crippen LogP contribution < -0.4 is 5.32 Å². The van der Waals surface area contributed by atoms with E-state index in [1.807, 2.05) is 0 Å². The number of ketones is 1. The van der Waals surface area contributed by atoms with Crippen molar-refractivity contribution >= 4 is 5.78 Å². The molecule has 0 aromatic heterocycles. The van der Waals surface area contributed by atoms with Crippen LogP contribution >= 0.6 is 0 Å². The first-order valence-electron chi connectivity index (χ1n) is 7.32. The van der Waals surface area contributed by atoms with Crippen molar-refractivity contribution in [2.45, 2.75) is 52.9 Å². The van der Waals surface area contributed by atoms with Crippen molar-refractivity contribution < 1.29 is 4.79 Å². The SMILES string of the molecule is CCC1(C(=O)C2CC(C)CC(C)C2)CCNC1. The van der Waals surface area contributed by atoms with Gasteiger partial charge in [0.2, 0.25) is 0 Å². The standard InChI is InChI=1S/C15H27NO/c1-4-15(5-6-16-10-15)14(17)13-8-11(2)7-12(3)9-13/h11-13,16H,4-10H2,1-3H3. The number of hydrogen-bond acceptors (Lipinski definition) is 2. The van der Waals surface area contributed by atoms with Crippen LogP contribution in [0.2, 0.25) is 0 Å². The molecule has 2 rings (SSSR count). The zero-order chi connectivity index (χ0) is 12.5. The van der Waals surface area contributed by atoms with Gasteiger partial charge in [-0.25, -0.2) is 0 Å². The van der Waals surface area contributed by atoms with Crippen molar-refractivity contribution in [2.24, 2.45) is 23.2 Å². The van der Waals surface area contributed by atoms with E-state index in [1.165, 1.54) is 6.42 Å². The highest BCUT2D eigenvalue weighted by Crippen LogP contribution is 2.40. The predicted molar refractivity (Wildman–Crippen MR) is 70.9 cm³/mol. The number of Topliss-reactive ketones (excluding diaryl/α,β-unsaturated/α-hetero) is 1. The van der Waals surface area contributed by atoms with Crippen LogP contribution in [0.5, 0.6) is 0 Å². The highest BCUT2D eigenvalue weighted by Gasteiger charge is 2.43. The van der Waals surface area contributed by atoms with Crippen molar-refractivity contribution in [3.8, 4) is 0 Å². The van der Waals surface area contributed by atoms with Crippen molar-refractivity contribution in [3.05, 3.63) is 0 Å². The van der Waals surface area contributed by atoms with E-state index in [0.717, 1.165) is 50.6 Å². The van der Waals surface area contributed by atoms with E-state index < -0.39 is 0 Å². The average molecular weight is 237 g/mol. The maximum atomic E-state index is 12.8. The Labute approximate surface area is 106 Å². The summed E-state index contributed by atoms with van der Waals surface area (Å²) in [7, 11) is 0. The average Bonchev–Trinajstić information content (AvgIpc) is 2.76. The van der Waals surface area contributed by atoms with Gasteiger partial charge in [-0.2, -0.15) is 0 Å². The van der Waals surface area contributed by atoms with Gasteiger partial charge in [0.05, 0.1) is 0 Å². The minimum Gasteiger partial charge on any atom is -0.316 e. The molecular formula is C15H27NO. The molecule has 2 nitrogen and oxygen atoms in total. The monoisotopic (exact) mass is 237 g/mol. The van der Waals surface area contributed by atoms with Crippen molar-refractivity contribution in [1.82, 2.24) is 5.32 Å². The highest BCUT2D eigenvalue weighted by atomic mass is 16.1. The molecule has 1 saturated carbocycles. The van der Waals surface area contributed by atoms with Crippen LogP contribution in [-0.4, -0.2) is 18.9 Å². The molecule has 1 saturated heterocycles. The second kappa shape index (κ2) is 5.09. The summed E-state index contributed by atoms with van der Waals surface area (Å²) in [6, 6.07) is 0. The lowest BCUT2D eigenvalue weighted by Crippen LogP contribution is -2.40. The quantitative estimate of drug-likeness (QED) is 0.817. The zero-order valence-corrected chi connectivity index (χ0v) is 11.6.